The lowest BCUT2D eigenvalue weighted by atomic mass is 10.1. The van der Waals surface area contributed by atoms with Crippen LogP contribution in [0.25, 0.3) is 0 Å². The summed E-state index contributed by atoms with van der Waals surface area (Å²) in [6.07, 6.45) is 17.3. The summed E-state index contributed by atoms with van der Waals surface area (Å²) in [4.78, 5) is 47.6. The van der Waals surface area contributed by atoms with Crippen LogP contribution >= 0.6 is 23.2 Å². The van der Waals surface area contributed by atoms with Gasteiger partial charge in [0.15, 0.2) is 0 Å². The van der Waals surface area contributed by atoms with Crippen LogP contribution in [-0.2, 0) is 0 Å². The lowest BCUT2D eigenvalue weighted by Gasteiger charge is -2.10. The molecule has 0 heterocycles. The molecule has 0 unspecified atom stereocenters. The Hall–Kier alpha value is -6.75. The molecule has 0 atom stereocenters. The van der Waals surface area contributed by atoms with Gasteiger partial charge < -0.3 is 23.7 Å². The number of hydrogen-bond donors (Lipinski definition) is 0. The Bertz CT molecular complexity index is 2630. The minimum atomic E-state index is -0.534. The van der Waals surface area contributed by atoms with Gasteiger partial charge in [-0.2, -0.15) is 0 Å². The third kappa shape index (κ3) is 17.4. The molecular weight excluding hydrogens is 912 g/mol. The molecule has 0 bridgehead atoms. The summed E-state index contributed by atoms with van der Waals surface area (Å²) in [6, 6.07) is 37.2. The Morgan fingerprint density at radius 3 is 1.14 bits per heavy atom. The van der Waals surface area contributed by atoms with Crippen LogP contribution in [0.3, 0.4) is 0 Å². The van der Waals surface area contributed by atoms with Crippen LogP contribution in [-0.4, -0.2) is 43.6 Å². The van der Waals surface area contributed by atoms with Crippen LogP contribution in [0, 0.1) is 0 Å². The smallest absolute Gasteiger partial charge is 0.343 e. The topological polar surface area (TPSA) is 122 Å². The number of carbonyl (C=O) groups excluding carboxylic acids is 3. The molecule has 0 aliphatic rings. The molecule has 12 heteroatoms. The molecule has 0 N–H and O–H groups in total. The molecule has 0 fully saturated rings. The summed E-state index contributed by atoms with van der Waals surface area (Å²) in [6.45, 7) is 5.56. The molecule has 358 valence electrons. The van der Waals surface area contributed by atoms with Crippen molar-refractivity contribution >= 4 is 64.9 Å². The van der Waals surface area contributed by atoms with Crippen LogP contribution in [0.1, 0.15) is 133 Å². The number of carbonyl (C=O) groups is 3. The molecule has 0 spiro atoms. The quantitative estimate of drug-likeness (QED) is 0.0228. The van der Waals surface area contributed by atoms with Gasteiger partial charge in [0.25, 0.3) is 0 Å². The van der Waals surface area contributed by atoms with Crippen molar-refractivity contribution in [2.24, 2.45) is 9.98 Å². The highest BCUT2D eigenvalue weighted by Crippen LogP contribution is 2.29. The van der Waals surface area contributed by atoms with E-state index in [9.17, 15) is 14.4 Å². The Labute approximate surface area is 415 Å². The lowest BCUT2D eigenvalue weighted by Crippen LogP contribution is -2.08. The highest BCUT2D eigenvalue weighted by Gasteiger charge is 2.14. The van der Waals surface area contributed by atoms with E-state index in [4.69, 9.17) is 46.9 Å². The Kier molecular flexibility index (Phi) is 20.9. The second-order valence-electron chi connectivity index (χ2n) is 16.4. The standard InChI is InChI=1S/C57H58Cl2N2O8/c1-3-5-7-9-11-13-35-65-53-33-21-44(37-51(53)58)56(63)68-49-29-23-46(24-30-49)60-39-41-15-19-43(20-16-41)55(62)67-48-27-17-42(18-28-48)40-61-47-25-31-50(32-26-47)69-57(64)45-22-34-54(52(59)38-45)66-36-14-12-10-8-6-4-2/h15-34,37-40H,3-14,35-36H2,1-2H3. The van der Waals surface area contributed by atoms with Crippen molar-refractivity contribution in [2.45, 2.75) is 90.9 Å². The lowest BCUT2D eigenvalue weighted by molar-refractivity contribution is 0.0725. The van der Waals surface area contributed by atoms with Crippen LogP contribution in [0.2, 0.25) is 10.0 Å². The van der Waals surface area contributed by atoms with Gasteiger partial charge in [-0.25, -0.2) is 14.4 Å². The second-order valence-corrected chi connectivity index (χ2v) is 17.2. The monoisotopic (exact) mass is 968 g/mol. The number of nitrogens with zero attached hydrogens (tertiary/aromatic N) is 2. The van der Waals surface area contributed by atoms with Crippen molar-refractivity contribution in [1.29, 1.82) is 0 Å². The Morgan fingerprint density at radius 2 is 0.754 bits per heavy atom. The SMILES string of the molecule is CCCCCCCCOc1ccc(C(=O)Oc2ccc(N=Cc3ccc(OC(=O)c4ccc(C=Nc5ccc(OC(=O)c6ccc(OCCCCCCCC)c(Cl)c6)cc5)cc4)cc3)cc2)cc1Cl. The van der Waals surface area contributed by atoms with E-state index in [1.165, 1.54) is 51.4 Å². The first-order valence-electron chi connectivity index (χ1n) is 23.7. The number of ether oxygens (including phenoxy) is 5. The maximum Gasteiger partial charge on any atom is 0.343 e. The van der Waals surface area contributed by atoms with Crippen LogP contribution in [0.5, 0.6) is 28.7 Å². The molecule has 69 heavy (non-hydrogen) atoms. The van der Waals surface area contributed by atoms with Crippen LogP contribution in [0.4, 0.5) is 11.4 Å². The predicted molar refractivity (Wildman–Crippen MR) is 276 cm³/mol. The van der Waals surface area contributed by atoms with Gasteiger partial charge in [-0.05, 0) is 145 Å². The zero-order valence-electron chi connectivity index (χ0n) is 39.2. The number of rotatable bonds is 26. The van der Waals surface area contributed by atoms with Gasteiger partial charge in [-0.3, -0.25) is 9.98 Å². The van der Waals surface area contributed by atoms with Crippen molar-refractivity contribution in [1.82, 2.24) is 0 Å². The minimum absolute atomic E-state index is 0.318. The average Bonchev–Trinajstić information content (AvgIpc) is 3.36. The van der Waals surface area contributed by atoms with E-state index in [0.717, 1.165) is 36.8 Å². The fraction of sp³-hybridized carbons (Fsp3) is 0.281. The second kappa shape index (κ2) is 27.9. The number of unbranched alkanes of at least 4 members (excludes halogenated alkanes) is 10. The largest absolute Gasteiger partial charge is 0.492 e. The molecule has 0 aromatic heterocycles. The van der Waals surface area contributed by atoms with Gasteiger partial charge in [-0.1, -0.05) is 113 Å². The normalized spacial score (nSPS) is 11.2. The molecule has 0 aliphatic heterocycles. The van der Waals surface area contributed by atoms with Crippen LogP contribution in [0.15, 0.2) is 143 Å². The molecule has 6 aromatic carbocycles. The molecule has 6 rings (SSSR count). The number of halogens is 2. The number of esters is 3. The Balaban J connectivity index is 0.902. The minimum Gasteiger partial charge on any atom is -0.492 e. The average molecular weight is 970 g/mol. The van der Waals surface area contributed by atoms with Crippen molar-refractivity contribution in [3.05, 3.63) is 171 Å². The number of hydrogen-bond acceptors (Lipinski definition) is 10. The third-order valence-electron chi connectivity index (χ3n) is 10.9. The van der Waals surface area contributed by atoms with Gasteiger partial charge in [0.05, 0.1) is 51.3 Å². The maximum absolute atomic E-state index is 12.9. The fourth-order valence-corrected chi connectivity index (χ4v) is 7.41. The number of benzene rings is 6. The Morgan fingerprint density at radius 1 is 0.420 bits per heavy atom. The van der Waals surface area contributed by atoms with E-state index in [1.54, 1.807) is 146 Å². The highest BCUT2D eigenvalue weighted by atomic mass is 35.5. The zero-order valence-corrected chi connectivity index (χ0v) is 40.7. The molecule has 10 nitrogen and oxygen atoms in total. The summed E-state index contributed by atoms with van der Waals surface area (Å²) in [5.74, 6) is 0.630. The molecule has 0 saturated heterocycles. The molecular formula is C57H58Cl2N2O8. The summed E-state index contributed by atoms with van der Waals surface area (Å²) < 4.78 is 28.3. The van der Waals surface area contributed by atoms with Crippen molar-refractivity contribution in [3.63, 3.8) is 0 Å². The summed E-state index contributed by atoms with van der Waals surface area (Å²) in [5, 5.41) is 0.719. The van der Waals surface area contributed by atoms with Crippen LogP contribution < -0.4 is 23.7 Å². The zero-order chi connectivity index (χ0) is 48.6. The first-order valence-corrected chi connectivity index (χ1v) is 24.4. The van der Waals surface area contributed by atoms with Gasteiger partial charge >= 0.3 is 17.9 Å². The summed E-state index contributed by atoms with van der Waals surface area (Å²) in [7, 11) is 0. The summed E-state index contributed by atoms with van der Waals surface area (Å²) >= 11 is 12.8. The molecule has 0 aliphatic carbocycles. The fourth-order valence-electron chi connectivity index (χ4n) is 6.94. The highest BCUT2D eigenvalue weighted by molar-refractivity contribution is 6.32. The molecule has 0 amide bonds. The third-order valence-corrected chi connectivity index (χ3v) is 11.5. The molecule has 6 aromatic rings. The van der Waals surface area contributed by atoms with Crippen molar-refractivity contribution in [2.75, 3.05) is 13.2 Å². The first kappa shape index (κ1) is 51.6. The predicted octanol–water partition coefficient (Wildman–Crippen LogP) is 15.6. The maximum atomic E-state index is 12.9. The van der Waals surface area contributed by atoms with Gasteiger partial charge in [0, 0.05) is 12.4 Å². The van der Waals surface area contributed by atoms with Gasteiger partial charge in [0.2, 0.25) is 0 Å². The first-order chi connectivity index (χ1) is 33.7. The van der Waals surface area contributed by atoms with Gasteiger partial charge in [-0.15, -0.1) is 0 Å². The van der Waals surface area contributed by atoms with Crippen molar-refractivity contribution < 1.29 is 38.1 Å². The molecule has 0 radical (unpaired) electrons. The van der Waals surface area contributed by atoms with Crippen molar-refractivity contribution in [3.8, 4) is 28.7 Å². The van der Waals surface area contributed by atoms with E-state index >= 15 is 0 Å². The van der Waals surface area contributed by atoms with Gasteiger partial charge in [0.1, 0.15) is 28.7 Å². The van der Waals surface area contributed by atoms with E-state index in [0.29, 0.717) is 80.1 Å². The van der Waals surface area contributed by atoms with E-state index in [1.807, 2.05) is 0 Å². The van der Waals surface area contributed by atoms with E-state index < -0.39 is 17.9 Å². The molecule has 0 saturated carbocycles. The summed E-state index contributed by atoms with van der Waals surface area (Å²) in [5.41, 5.74) is 3.87. The number of aliphatic imine (C=N–C) groups is 2. The van der Waals surface area contributed by atoms with E-state index in [2.05, 4.69) is 23.8 Å². The van der Waals surface area contributed by atoms with E-state index in [-0.39, 0.29) is 0 Å².